The van der Waals surface area contributed by atoms with Crippen LogP contribution < -0.4 is 5.32 Å². The van der Waals surface area contributed by atoms with Crippen LogP contribution in [-0.4, -0.2) is 17.5 Å². The van der Waals surface area contributed by atoms with Gasteiger partial charge < -0.3 is 9.73 Å². The first kappa shape index (κ1) is 11.1. The third kappa shape index (κ3) is 3.02. The quantitative estimate of drug-likeness (QED) is 0.856. The Morgan fingerprint density at radius 3 is 3.00 bits per heavy atom. The van der Waals surface area contributed by atoms with Gasteiger partial charge in [0, 0.05) is 23.9 Å². The van der Waals surface area contributed by atoms with Crippen LogP contribution >= 0.6 is 11.8 Å². The Morgan fingerprint density at radius 2 is 2.40 bits per heavy atom. The lowest BCUT2D eigenvalue weighted by atomic mass is 10.1. The summed E-state index contributed by atoms with van der Waals surface area (Å²) in [6, 6.07) is 2.83. The van der Waals surface area contributed by atoms with E-state index in [2.05, 4.69) is 23.1 Å². The predicted molar refractivity (Wildman–Crippen MR) is 65.4 cm³/mol. The maximum absolute atomic E-state index is 5.51. The molecule has 1 aliphatic rings. The Labute approximate surface area is 95.8 Å². The van der Waals surface area contributed by atoms with Gasteiger partial charge in [-0.3, -0.25) is 0 Å². The highest BCUT2D eigenvalue weighted by molar-refractivity contribution is 7.99. The Balaban J connectivity index is 1.84. The number of hydrogen-bond acceptors (Lipinski definition) is 3. The summed E-state index contributed by atoms with van der Waals surface area (Å²) in [5.74, 6) is 4.67. The fourth-order valence-electron chi connectivity index (χ4n) is 2.01. The van der Waals surface area contributed by atoms with Gasteiger partial charge in [0.15, 0.2) is 0 Å². The second-order valence-electron chi connectivity index (χ2n) is 4.23. The van der Waals surface area contributed by atoms with Crippen molar-refractivity contribution in [1.29, 1.82) is 0 Å². The third-order valence-electron chi connectivity index (χ3n) is 2.89. The molecule has 1 saturated heterocycles. The second-order valence-corrected chi connectivity index (χ2v) is 5.38. The molecular formula is C12H19NOS. The third-order valence-corrected chi connectivity index (χ3v) is 4.10. The smallest absolute Gasteiger partial charge is 0.105 e. The van der Waals surface area contributed by atoms with Crippen molar-refractivity contribution in [3.63, 3.8) is 0 Å². The summed E-state index contributed by atoms with van der Waals surface area (Å²) in [5, 5.41) is 3.61. The molecule has 1 aromatic rings. The number of furan rings is 1. The first-order chi connectivity index (χ1) is 7.25. The van der Waals surface area contributed by atoms with Crippen LogP contribution in [0.1, 0.15) is 29.9 Å². The first-order valence-corrected chi connectivity index (χ1v) is 6.78. The molecule has 1 atom stereocenters. The van der Waals surface area contributed by atoms with E-state index < -0.39 is 0 Å². The summed E-state index contributed by atoms with van der Waals surface area (Å²) < 4.78 is 5.51. The standard InChI is InChI=1S/C12H19NOS/c1-9-6-11(10(2)14-9)7-13-12-4-3-5-15-8-12/h6,12-13H,3-5,7-8H2,1-2H3. The predicted octanol–water partition coefficient (Wildman–Crippen LogP) is 2.88. The van der Waals surface area contributed by atoms with E-state index in [9.17, 15) is 0 Å². The van der Waals surface area contributed by atoms with Crippen molar-refractivity contribution in [2.24, 2.45) is 0 Å². The van der Waals surface area contributed by atoms with Gasteiger partial charge in [0.05, 0.1) is 0 Å². The largest absolute Gasteiger partial charge is 0.466 e. The SMILES string of the molecule is Cc1cc(CNC2CCCSC2)c(C)o1. The summed E-state index contributed by atoms with van der Waals surface area (Å²) >= 11 is 2.06. The molecule has 0 aliphatic carbocycles. The van der Waals surface area contributed by atoms with E-state index in [1.165, 1.54) is 29.9 Å². The Morgan fingerprint density at radius 1 is 1.53 bits per heavy atom. The second kappa shape index (κ2) is 5.08. The van der Waals surface area contributed by atoms with Crippen molar-refractivity contribution in [2.75, 3.05) is 11.5 Å². The van der Waals surface area contributed by atoms with E-state index in [1.807, 2.05) is 13.8 Å². The van der Waals surface area contributed by atoms with Crippen LogP contribution in [0.4, 0.5) is 0 Å². The van der Waals surface area contributed by atoms with Crippen LogP contribution in [0.3, 0.4) is 0 Å². The Hall–Kier alpha value is -0.410. The minimum Gasteiger partial charge on any atom is -0.466 e. The summed E-state index contributed by atoms with van der Waals surface area (Å²) in [4.78, 5) is 0. The van der Waals surface area contributed by atoms with Crippen LogP contribution in [-0.2, 0) is 6.54 Å². The van der Waals surface area contributed by atoms with Crippen molar-refractivity contribution in [1.82, 2.24) is 5.32 Å². The molecule has 0 aromatic carbocycles. The monoisotopic (exact) mass is 225 g/mol. The lowest BCUT2D eigenvalue weighted by Gasteiger charge is -2.22. The van der Waals surface area contributed by atoms with E-state index >= 15 is 0 Å². The molecule has 1 unspecified atom stereocenters. The lowest BCUT2D eigenvalue weighted by Crippen LogP contribution is -2.33. The van der Waals surface area contributed by atoms with Crippen LogP contribution in [0, 0.1) is 13.8 Å². The van der Waals surface area contributed by atoms with E-state index in [0.29, 0.717) is 6.04 Å². The molecule has 0 saturated carbocycles. The molecule has 0 spiro atoms. The number of rotatable bonds is 3. The number of hydrogen-bond donors (Lipinski definition) is 1. The molecule has 2 rings (SSSR count). The van der Waals surface area contributed by atoms with Gasteiger partial charge in [0.25, 0.3) is 0 Å². The van der Waals surface area contributed by atoms with Gasteiger partial charge in [0.2, 0.25) is 0 Å². The van der Waals surface area contributed by atoms with E-state index in [-0.39, 0.29) is 0 Å². The summed E-state index contributed by atoms with van der Waals surface area (Å²) in [7, 11) is 0. The Kier molecular flexibility index (Phi) is 3.76. The molecule has 2 nitrogen and oxygen atoms in total. The normalized spacial score (nSPS) is 21.9. The molecule has 84 valence electrons. The highest BCUT2D eigenvalue weighted by atomic mass is 32.2. The van der Waals surface area contributed by atoms with Crippen molar-refractivity contribution < 1.29 is 4.42 Å². The zero-order chi connectivity index (χ0) is 10.7. The molecule has 0 radical (unpaired) electrons. The van der Waals surface area contributed by atoms with Crippen molar-refractivity contribution in [2.45, 2.75) is 39.3 Å². The van der Waals surface area contributed by atoms with Crippen molar-refractivity contribution >= 4 is 11.8 Å². The van der Waals surface area contributed by atoms with Gasteiger partial charge in [-0.15, -0.1) is 0 Å². The zero-order valence-corrected chi connectivity index (χ0v) is 10.3. The molecule has 1 aromatic heterocycles. The molecule has 0 amide bonds. The molecular weight excluding hydrogens is 206 g/mol. The van der Waals surface area contributed by atoms with Crippen LogP contribution in [0.15, 0.2) is 10.5 Å². The van der Waals surface area contributed by atoms with Crippen LogP contribution in [0.25, 0.3) is 0 Å². The van der Waals surface area contributed by atoms with E-state index in [4.69, 9.17) is 4.42 Å². The average molecular weight is 225 g/mol. The van der Waals surface area contributed by atoms with Crippen LogP contribution in [0.2, 0.25) is 0 Å². The summed E-state index contributed by atoms with van der Waals surface area (Å²) in [5.41, 5.74) is 1.31. The van der Waals surface area contributed by atoms with Gasteiger partial charge in [-0.25, -0.2) is 0 Å². The molecule has 15 heavy (non-hydrogen) atoms. The highest BCUT2D eigenvalue weighted by Gasteiger charge is 2.13. The minimum absolute atomic E-state index is 0.693. The van der Waals surface area contributed by atoms with Gasteiger partial charge in [0.1, 0.15) is 11.5 Å². The van der Waals surface area contributed by atoms with Crippen molar-refractivity contribution in [3.05, 3.63) is 23.2 Å². The maximum Gasteiger partial charge on any atom is 0.105 e. The van der Waals surface area contributed by atoms with E-state index in [0.717, 1.165) is 18.1 Å². The van der Waals surface area contributed by atoms with Gasteiger partial charge >= 0.3 is 0 Å². The molecule has 1 fully saturated rings. The van der Waals surface area contributed by atoms with Crippen molar-refractivity contribution in [3.8, 4) is 0 Å². The molecule has 1 N–H and O–H groups in total. The number of aryl methyl sites for hydroxylation is 2. The Bertz CT molecular complexity index is 315. The fourth-order valence-corrected chi connectivity index (χ4v) is 3.12. The van der Waals surface area contributed by atoms with Gasteiger partial charge in [-0.1, -0.05) is 0 Å². The fraction of sp³-hybridized carbons (Fsp3) is 0.667. The number of thioether (sulfide) groups is 1. The average Bonchev–Trinajstić information content (AvgIpc) is 2.56. The topological polar surface area (TPSA) is 25.2 Å². The van der Waals surface area contributed by atoms with Crippen LogP contribution in [0.5, 0.6) is 0 Å². The molecule has 1 aliphatic heterocycles. The molecule has 0 bridgehead atoms. The number of nitrogens with one attached hydrogen (secondary N) is 1. The summed E-state index contributed by atoms with van der Waals surface area (Å²) in [6.07, 6.45) is 2.68. The maximum atomic E-state index is 5.51. The molecule has 2 heterocycles. The first-order valence-electron chi connectivity index (χ1n) is 5.63. The van der Waals surface area contributed by atoms with E-state index in [1.54, 1.807) is 0 Å². The minimum atomic E-state index is 0.693. The highest BCUT2D eigenvalue weighted by Crippen LogP contribution is 2.18. The van der Waals surface area contributed by atoms with Gasteiger partial charge in [-0.2, -0.15) is 11.8 Å². The molecule has 3 heteroatoms. The lowest BCUT2D eigenvalue weighted by molar-refractivity contribution is 0.485. The summed E-state index contributed by atoms with van der Waals surface area (Å²) in [6.45, 7) is 5.00. The zero-order valence-electron chi connectivity index (χ0n) is 9.51. The van der Waals surface area contributed by atoms with Gasteiger partial charge in [-0.05, 0) is 38.5 Å².